The molecule has 6 N–H and O–H groups in total. The highest BCUT2D eigenvalue weighted by Gasteiger charge is 2.25. The largest absolute Gasteiger partial charge is 0.505 e. The maximum Gasteiger partial charge on any atom is 0.210 e. The fourth-order valence-corrected chi connectivity index (χ4v) is 4.47. The molecule has 1 aliphatic rings. The van der Waals surface area contributed by atoms with Crippen LogP contribution in [-0.4, -0.2) is 88.7 Å². The minimum Gasteiger partial charge on any atom is -0.505 e. The topological polar surface area (TPSA) is 126 Å². The second kappa shape index (κ2) is 14.3. The molecule has 0 atom stereocenters. The van der Waals surface area contributed by atoms with Crippen molar-refractivity contribution in [3.8, 4) is 0 Å². The quantitative estimate of drug-likeness (QED) is 0.0957. The van der Waals surface area contributed by atoms with Gasteiger partial charge in [-0.1, -0.05) is 0 Å². The van der Waals surface area contributed by atoms with Crippen molar-refractivity contribution in [3.63, 3.8) is 0 Å². The van der Waals surface area contributed by atoms with Gasteiger partial charge in [0.15, 0.2) is 0 Å². The number of carbonyl (C=O) groups is 1. The van der Waals surface area contributed by atoms with Gasteiger partial charge in [-0.15, -0.1) is 0 Å². The number of aliphatic imine (C=N–C) groups is 1. The van der Waals surface area contributed by atoms with Gasteiger partial charge in [-0.2, -0.15) is 9.29 Å². The molecule has 3 rings (SSSR count). The molecule has 1 aliphatic carbocycles. The molecule has 0 saturated heterocycles. The molecule has 0 heterocycles. The molecule has 0 radical (unpaired) electrons. The van der Waals surface area contributed by atoms with E-state index in [9.17, 15) is 20.3 Å². The Bertz CT molecular complexity index is 1260. The minimum atomic E-state index is -0.330. The molecule has 0 fully saturated rings. The number of aliphatic hydroxyl groups is 1. The molecule has 0 aliphatic heterocycles. The normalized spacial score (nSPS) is 15.2. The zero-order valence-corrected chi connectivity index (χ0v) is 24.9. The third-order valence-corrected chi connectivity index (χ3v) is 7.81. The Balaban J connectivity index is 1.66. The van der Waals surface area contributed by atoms with Gasteiger partial charge in [0.25, 0.3) is 0 Å². The lowest BCUT2D eigenvalue weighted by Gasteiger charge is -2.27. The number of quaternary nitrogens is 2. The van der Waals surface area contributed by atoms with Crippen molar-refractivity contribution >= 4 is 34.2 Å². The first-order valence-corrected chi connectivity index (χ1v) is 14.4. The van der Waals surface area contributed by atoms with E-state index in [1.54, 1.807) is 13.0 Å². The van der Waals surface area contributed by atoms with Crippen LogP contribution in [-0.2, 0) is 4.79 Å². The van der Waals surface area contributed by atoms with Crippen LogP contribution in [0.4, 0.5) is 22.7 Å². The van der Waals surface area contributed by atoms with Gasteiger partial charge in [-0.25, -0.2) is 15.4 Å². The summed E-state index contributed by atoms with van der Waals surface area (Å²) in [6.45, 7) is 14.6. The van der Waals surface area contributed by atoms with Crippen molar-refractivity contribution < 1.29 is 29.6 Å². The number of anilines is 3. The van der Waals surface area contributed by atoms with Crippen LogP contribution >= 0.6 is 0 Å². The summed E-state index contributed by atoms with van der Waals surface area (Å²) < 4.78 is 0.0468. The highest BCUT2D eigenvalue weighted by atomic mass is 16.5. The van der Waals surface area contributed by atoms with E-state index in [2.05, 4.69) is 20.9 Å². The molecule has 0 aromatic heterocycles. The van der Waals surface area contributed by atoms with Crippen LogP contribution in [0.25, 0.3) is 0 Å². The Kier molecular flexibility index (Phi) is 11.1. The predicted octanol–water partition coefficient (Wildman–Crippen LogP) is 5.49. The van der Waals surface area contributed by atoms with Gasteiger partial charge in [0.1, 0.15) is 50.7 Å². The maximum absolute atomic E-state index is 12.9. The second-order valence-electron chi connectivity index (χ2n) is 10.4. The lowest BCUT2D eigenvalue weighted by molar-refractivity contribution is -1.10. The molecule has 0 spiro atoms. The lowest BCUT2D eigenvalue weighted by Crippen LogP contribution is -2.47. The lowest BCUT2D eigenvalue weighted by atomic mass is 9.99. The molecule has 0 unspecified atom stereocenters. The first kappa shape index (κ1) is 31.8. The van der Waals surface area contributed by atoms with E-state index < -0.39 is 0 Å². The van der Waals surface area contributed by atoms with Crippen molar-refractivity contribution in [1.29, 1.82) is 0 Å². The summed E-state index contributed by atoms with van der Waals surface area (Å²) in [5, 5.41) is 41.3. The van der Waals surface area contributed by atoms with Gasteiger partial charge in [-0.3, -0.25) is 4.79 Å². The number of carbonyl (C=O) groups excluding carboxylic acids is 1. The van der Waals surface area contributed by atoms with Gasteiger partial charge in [0.05, 0.1) is 24.5 Å². The Morgan fingerprint density at radius 2 is 1.17 bits per heavy atom. The van der Waals surface area contributed by atoms with Gasteiger partial charge in [-0.05, 0) is 89.2 Å². The van der Waals surface area contributed by atoms with Crippen molar-refractivity contribution in [1.82, 2.24) is 0 Å². The van der Waals surface area contributed by atoms with Crippen LogP contribution in [0, 0.1) is 0 Å². The van der Waals surface area contributed by atoms with E-state index in [0.29, 0.717) is 63.7 Å². The number of hydrogen-bond acceptors (Lipinski definition) is 8. The van der Waals surface area contributed by atoms with Crippen LogP contribution < -0.4 is 16.0 Å². The Labute approximate surface area is 243 Å². The van der Waals surface area contributed by atoms with E-state index >= 15 is 0 Å². The summed E-state index contributed by atoms with van der Waals surface area (Å²) in [5.41, 5.74) is 4.03. The van der Waals surface area contributed by atoms with Crippen molar-refractivity contribution in [3.05, 3.63) is 71.6 Å². The van der Waals surface area contributed by atoms with Crippen LogP contribution in [0.1, 0.15) is 34.6 Å². The van der Waals surface area contributed by atoms with E-state index in [1.165, 1.54) is 0 Å². The standard InChI is InChI=1S/C31H44N6O4/c1-6-36(40,7-2)20-18-32-24-10-14-26(15-11-24)34-28-22-29(31(39)23(5)30(28)38)35-27-16-12-25(13-17-27)33-19-21-37(41,8-3)9-4/h10-17,22,40-41H,6-9,18-21H2,1-5H3,(H2-2,32,33,34,35,38,39)/p+2. The first-order valence-electron chi connectivity index (χ1n) is 14.4. The number of nitrogens with zero attached hydrogens (tertiary/aromatic N) is 3. The number of aliphatic hydroxyl groups excluding tert-OH is 1. The summed E-state index contributed by atoms with van der Waals surface area (Å²) in [7, 11) is 0. The van der Waals surface area contributed by atoms with Gasteiger partial charge in [0.2, 0.25) is 5.78 Å². The maximum atomic E-state index is 12.9. The SMILES string of the molecule is CC[N+](O)(CC)CCNc1ccc(N=C2C=C(Nc3ccc(NCC[N+](O)(CC)CC)cc3)C(O)=C(C)C2=O)cc1. The van der Waals surface area contributed by atoms with Crippen molar-refractivity contribution in [2.45, 2.75) is 34.6 Å². The number of hydrogen-bond donors (Lipinski definition) is 6. The average molecular weight is 567 g/mol. The molecule has 10 heteroatoms. The number of benzene rings is 2. The van der Waals surface area contributed by atoms with E-state index in [4.69, 9.17) is 0 Å². The van der Waals surface area contributed by atoms with Crippen LogP contribution in [0.5, 0.6) is 0 Å². The zero-order valence-electron chi connectivity index (χ0n) is 24.9. The van der Waals surface area contributed by atoms with Crippen LogP contribution in [0.15, 0.2) is 76.6 Å². The highest BCUT2D eigenvalue weighted by Crippen LogP contribution is 2.25. The third-order valence-electron chi connectivity index (χ3n) is 7.81. The first-order chi connectivity index (χ1) is 19.5. The number of hydroxylamine groups is 6. The number of allylic oxidation sites excluding steroid dienone is 2. The average Bonchev–Trinajstić information content (AvgIpc) is 2.99. The summed E-state index contributed by atoms with van der Waals surface area (Å²) >= 11 is 0. The monoisotopic (exact) mass is 566 g/mol. The van der Waals surface area contributed by atoms with Crippen molar-refractivity contribution in [2.75, 3.05) is 68.3 Å². The predicted molar refractivity (Wildman–Crippen MR) is 165 cm³/mol. The summed E-state index contributed by atoms with van der Waals surface area (Å²) in [5.74, 6) is -0.437. The Morgan fingerprint density at radius 3 is 1.63 bits per heavy atom. The minimum absolute atomic E-state index is 0.0209. The second-order valence-corrected chi connectivity index (χ2v) is 10.4. The van der Waals surface area contributed by atoms with Gasteiger partial charge >= 0.3 is 0 Å². The van der Waals surface area contributed by atoms with E-state index in [0.717, 1.165) is 17.1 Å². The fraction of sp³-hybridized carbons (Fsp3) is 0.419. The smallest absolute Gasteiger partial charge is 0.210 e. The molecule has 0 saturated carbocycles. The molecular formula is C31H46N6O4+2. The van der Waals surface area contributed by atoms with E-state index in [-0.39, 0.29) is 32.1 Å². The van der Waals surface area contributed by atoms with Gasteiger partial charge in [0, 0.05) is 22.6 Å². The van der Waals surface area contributed by atoms with Crippen LogP contribution in [0.2, 0.25) is 0 Å². The number of rotatable bonds is 15. The van der Waals surface area contributed by atoms with Gasteiger partial charge < -0.3 is 21.1 Å². The molecule has 0 bridgehead atoms. The molecule has 41 heavy (non-hydrogen) atoms. The number of nitrogens with one attached hydrogen (secondary N) is 3. The highest BCUT2D eigenvalue weighted by molar-refractivity contribution is 6.51. The number of likely N-dealkylation sites (N-methyl/N-ethyl adjacent to an activating group) is 2. The molecule has 0 amide bonds. The summed E-state index contributed by atoms with van der Waals surface area (Å²) in [6.07, 6.45) is 1.56. The zero-order chi connectivity index (χ0) is 30.0. The molecule has 2 aromatic carbocycles. The van der Waals surface area contributed by atoms with E-state index in [1.807, 2.05) is 76.2 Å². The summed E-state index contributed by atoms with van der Waals surface area (Å²) in [4.78, 5) is 17.4. The molecular weight excluding hydrogens is 520 g/mol. The Morgan fingerprint density at radius 1 is 0.732 bits per heavy atom. The Hall–Kier alpha value is -3.70. The number of Topliss-reactive ketones (excluding diaryl/α,β-unsaturated/α-hetero) is 1. The third kappa shape index (κ3) is 8.64. The molecule has 2 aromatic rings. The van der Waals surface area contributed by atoms with Crippen LogP contribution in [0.3, 0.4) is 0 Å². The molecule has 10 nitrogen and oxygen atoms in total. The van der Waals surface area contributed by atoms with Crippen molar-refractivity contribution in [2.24, 2.45) is 4.99 Å². The summed E-state index contributed by atoms with van der Waals surface area (Å²) in [6, 6.07) is 15.0. The molecule has 222 valence electrons. The fourth-order valence-electron chi connectivity index (χ4n) is 4.47. The number of ketones is 1.